The number of ether oxygens (including phenoxy) is 1. The largest absolute Gasteiger partial charge is 0.481 e. The van der Waals surface area contributed by atoms with Gasteiger partial charge in [-0.3, -0.25) is 0 Å². The van der Waals surface area contributed by atoms with Crippen molar-refractivity contribution in [2.24, 2.45) is 0 Å². The highest BCUT2D eigenvalue weighted by molar-refractivity contribution is 5.54. The molecule has 0 amide bonds. The Morgan fingerprint density at radius 3 is 2.71 bits per heavy atom. The van der Waals surface area contributed by atoms with Crippen LogP contribution in [0, 0.1) is 18.3 Å². The Labute approximate surface area is 124 Å². The lowest BCUT2D eigenvalue weighted by Gasteiger charge is -2.15. The van der Waals surface area contributed by atoms with Gasteiger partial charge in [-0.25, -0.2) is 9.97 Å². The fourth-order valence-corrected chi connectivity index (χ4v) is 2.12. The van der Waals surface area contributed by atoms with Gasteiger partial charge in [0, 0.05) is 24.1 Å². The second kappa shape index (κ2) is 6.71. The third-order valence-corrected chi connectivity index (χ3v) is 3.34. The number of hydrogen-bond donors (Lipinski definition) is 1. The third kappa shape index (κ3) is 3.48. The summed E-state index contributed by atoms with van der Waals surface area (Å²) in [5.74, 6) is 1.28. The molecule has 0 bridgehead atoms. The first-order chi connectivity index (χ1) is 10.2. The van der Waals surface area contributed by atoms with Gasteiger partial charge < -0.3 is 10.1 Å². The van der Waals surface area contributed by atoms with Crippen molar-refractivity contribution in [3.8, 4) is 11.9 Å². The van der Waals surface area contributed by atoms with E-state index in [1.807, 2.05) is 26.0 Å². The zero-order valence-electron chi connectivity index (χ0n) is 12.5. The number of anilines is 1. The predicted molar refractivity (Wildman–Crippen MR) is 81.7 cm³/mol. The summed E-state index contributed by atoms with van der Waals surface area (Å²) >= 11 is 0. The summed E-state index contributed by atoms with van der Waals surface area (Å²) in [6, 6.07) is 2.22. The Kier molecular flexibility index (Phi) is 4.72. The van der Waals surface area contributed by atoms with Crippen molar-refractivity contribution in [3.05, 3.63) is 47.0 Å². The van der Waals surface area contributed by atoms with Crippen molar-refractivity contribution < 1.29 is 4.74 Å². The molecule has 1 aromatic rings. The van der Waals surface area contributed by atoms with E-state index in [0.29, 0.717) is 12.3 Å². The summed E-state index contributed by atoms with van der Waals surface area (Å²) in [6.45, 7) is 3.90. The first kappa shape index (κ1) is 14.8. The zero-order chi connectivity index (χ0) is 15.2. The standard InChI is InChI=1S/C16H18N4O/c1-11-8-13(9-17)6-4-5-7-14(11)20-15-12(2)16(21-3)19-10-18-15/h4-5,8,10H,6-7H2,1-3H3,(H,18,19,20)/b5-4?,13-8+,14-11+. The normalized spacial score (nSPS) is 20.8. The van der Waals surface area contributed by atoms with Gasteiger partial charge in [0.1, 0.15) is 12.1 Å². The summed E-state index contributed by atoms with van der Waals surface area (Å²) in [4.78, 5) is 8.33. The van der Waals surface area contributed by atoms with Crippen LogP contribution in [0.15, 0.2) is 41.4 Å². The fourth-order valence-electron chi connectivity index (χ4n) is 2.12. The first-order valence-corrected chi connectivity index (χ1v) is 6.73. The summed E-state index contributed by atoms with van der Waals surface area (Å²) in [5.41, 5.74) is 3.66. The highest BCUT2D eigenvalue weighted by Crippen LogP contribution is 2.24. The minimum Gasteiger partial charge on any atom is -0.481 e. The van der Waals surface area contributed by atoms with E-state index in [4.69, 9.17) is 10.00 Å². The maximum atomic E-state index is 9.08. The Morgan fingerprint density at radius 1 is 1.24 bits per heavy atom. The van der Waals surface area contributed by atoms with Crippen molar-refractivity contribution in [1.29, 1.82) is 5.26 Å². The Balaban J connectivity index is 2.36. The first-order valence-electron chi connectivity index (χ1n) is 6.73. The molecule has 1 aliphatic rings. The molecule has 0 saturated carbocycles. The van der Waals surface area contributed by atoms with Crippen LogP contribution >= 0.6 is 0 Å². The van der Waals surface area contributed by atoms with E-state index in [0.717, 1.165) is 34.6 Å². The molecule has 21 heavy (non-hydrogen) atoms. The van der Waals surface area contributed by atoms with E-state index in [9.17, 15) is 0 Å². The maximum absolute atomic E-state index is 9.08. The number of allylic oxidation sites excluding steroid dienone is 5. The third-order valence-electron chi connectivity index (χ3n) is 3.34. The van der Waals surface area contributed by atoms with Gasteiger partial charge in [0.15, 0.2) is 0 Å². The van der Waals surface area contributed by atoms with Gasteiger partial charge >= 0.3 is 0 Å². The topological polar surface area (TPSA) is 70.8 Å². The molecule has 1 heterocycles. The van der Waals surface area contributed by atoms with E-state index in [1.165, 1.54) is 6.33 Å². The van der Waals surface area contributed by atoms with Gasteiger partial charge in [0.2, 0.25) is 5.88 Å². The van der Waals surface area contributed by atoms with Crippen LogP contribution in [0.4, 0.5) is 5.82 Å². The zero-order valence-corrected chi connectivity index (χ0v) is 12.5. The van der Waals surface area contributed by atoms with Gasteiger partial charge in [-0.15, -0.1) is 0 Å². The van der Waals surface area contributed by atoms with Crippen molar-refractivity contribution in [3.63, 3.8) is 0 Å². The van der Waals surface area contributed by atoms with E-state index in [-0.39, 0.29) is 0 Å². The number of aromatic nitrogens is 2. The molecule has 0 atom stereocenters. The number of nitriles is 1. The number of methoxy groups -OCH3 is 1. The molecular formula is C16H18N4O. The summed E-state index contributed by atoms with van der Waals surface area (Å²) < 4.78 is 5.20. The monoisotopic (exact) mass is 282 g/mol. The van der Waals surface area contributed by atoms with E-state index >= 15 is 0 Å². The SMILES string of the molecule is COc1ncnc(N/C2=C(C)/C=C(/C#N)CC=CC2)c1C. The van der Waals surface area contributed by atoms with Crippen LogP contribution in [0.2, 0.25) is 0 Å². The number of nitrogens with zero attached hydrogens (tertiary/aromatic N) is 3. The molecule has 5 heteroatoms. The lowest BCUT2D eigenvalue weighted by Crippen LogP contribution is -2.07. The predicted octanol–water partition coefficient (Wildman–Crippen LogP) is 3.28. The molecule has 1 aliphatic carbocycles. The second-order valence-electron chi connectivity index (χ2n) is 4.80. The van der Waals surface area contributed by atoms with Gasteiger partial charge in [0.25, 0.3) is 0 Å². The number of rotatable bonds is 3. The second-order valence-corrected chi connectivity index (χ2v) is 4.80. The molecule has 0 fully saturated rings. The molecule has 108 valence electrons. The maximum Gasteiger partial charge on any atom is 0.221 e. The summed E-state index contributed by atoms with van der Waals surface area (Å²) in [7, 11) is 1.59. The average molecular weight is 282 g/mol. The summed E-state index contributed by atoms with van der Waals surface area (Å²) in [5, 5.41) is 12.4. The van der Waals surface area contributed by atoms with E-state index in [2.05, 4.69) is 27.4 Å². The van der Waals surface area contributed by atoms with Gasteiger partial charge in [0.05, 0.1) is 18.7 Å². The van der Waals surface area contributed by atoms with Crippen LogP contribution in [0.25, 0.3) is 0 Å². The molecule has 0 spiro atoms. The number of nitrogens with one attached hydrogen (secondary N) is 1. The minimum absolute atomic E-state index is 0.556. The van der Waals surface area contributed by atoms with Crippen LogP contribution in [0.3, 0.4) is 0 Å². The lowest BCUT2D eigenvalue weighted by molar-refractivity contribution is 0.394. The molecule has 2 rings (SSSR count). The van der Waals surface area contributed by atoms with E-state index in [1.54, 1.807) is 7.11 Å². The average Bonchev–Trinajstić information content (AvgIpc) is 2.48. The quantitative estimate of drug-likeness (QED) is 0.861. The molecule has 0 aliphatic heterocycles. The van der Waals surface area contributed by atoms with Gasteiger partial charge in [-0.2, -0.15) is 5.26 Å². The Hall–Kier alpha value is -2.61. The van der Waals surface area contributed by atoms with Crippen LogP contribution in [0.1, 0.15) is 25.3 Å². The molecule has 5 nitrogen and oxygen atoms in total. The fraction of sp³-hybridized carbons (Fsp3) is 0.312. The van der Waals surface area contributed by atoms with Crippen molar-refractivity contribution >= 4 is 5.82 Å². The highest BCUT2D eigenvalue weighted by atomic mass is 16.5. The highest BCUT2D eigenvalue weighted by Gasteiger charge is 2.10. The molecule has 1 aromatic heterocycles. The van der Waals surface area contributed by atoms with Crippen molar-refractivity contribution in [2.75, 3.05) is 12.4 Å². The smallest absolute Gasteiger partial charge is 0.221 e. The van der Waals surface area contributed by atoms with Crippen LogP contribution < -0.4 is 10.1 Å². The van der Waals surface area contributed by atoms with Gasteiger partial charge in [-0.05, 0) is 25.5 Å². The van der Waals surface area contributed by atoms with Crippen molar-refractivity contribution in [2.45, 2.75) is 26.7 Å². The molecule has 0 aromatic carbocycles. The minimum atomic E-state index is 0.556. The number of hydrogen-bond acceptors (Lipinski definition) is 5. The van der Waals surface area contributed by atoms with Crippen molar-refractivity contribution in [1.82, 2.24) is 9.97 Å². The molecular weight excluding hydrogens is 264 g/mol. The van der Waals surface area contributed by atoms with Crippen LogP contribution in [0.5, 0.6) is 5.88 Å². The van der Waals surface area contributed by atoms with Crippen LogP contribution in [-0.2, 0) is 0 Å². The Morgan fingerprint density at radius 2 is 2.00 bits per heavy atom. The molecule has 0 saturated heterocycles. The molecule has 1 N–H and O–H groups in total. The molecule has 0 unspecified atom stereocenters. The Bertz CT molecular complexity index is 665. The van der Waals surface area contributed by atoms with Gasteiger partial charge in [-0.1, -0.05) is 12.2 Å². The van der Waals surface area contributed by atoms with E-state index < -0.39 is 0 Å². The molecule has 0 radical (unpaired) electrons. The summed E-state index contributed by atoms with van der Waals surface area (Å²) in [6.07, 6.45) is 8.91. The van der Waals surface area contributed by atoms with Crippen LogP contribution in [-0.4, -0.2) is 17.1 Å². The lowest BCUT2D eigenvalue weighted by atomic mass is 10.0.